The van der Waals surface area contributed by atoms with Gasteiger partial charge in [-0.25, -0.2) is 0 Å². The third kappa shape index (κ3) is 5.96. The van der Waals surface area contributed by atoms with E-state index < -0.39 is 0 Å². The molecule has 0 spiro atoms. The molecule has 1 aliphatic rings. The highest BCUT2D eigenvalue weighted by Gasteiger charge is 2.12. The largest absolute Gasteiger partial charge is 0.379 e. The Morgan fingerprint density at radius 1 is 1.31 bits per heavy atom. The van der Waals surface area contributed by atoms with Crippen LogP contribution in [-0.2, 0) is 11.2 Å². The first-order valence-corrected chi connectivity index (χ1v) is 9.93. The van der Waals surface area contributed by atoms with Crippen LogP contribution >= 0.6 is 0 Å². The standard InChI is InChI=1S/C24H35NO/c1-6-9-20(4)24-18-22(7-2)23(17-21(24)5)16-19(3)10-8-11-25-12-14-26-15-13-25/h6-7,9,17-19H,2,5,8,10-16H2,1,3-4H3/b9-6-,24-20-. The van der Waals surface area contributed by atoms with Gasteiger partial charge in [0.1, 0.15) is 0 Å². The Bertz CT molecular complexity index is 725. The Labute approximate surface area is 159 Å². The van der Waals surface area contributed by atoms with E-state index in [9.17, 15) is 0 Å². The summed E-state index contributed by atoms with van der Waals surface area (Å²) in [6.07, 6.45) is 9.81. The lowest BCUT2D eigenvalue weighted by Crippen LogP contribution is -2.36. The molecule has 0 aromatic heterocycles. The molecule has 0 N–H and O–H groups in total. The minimum atomic E-state index is 0.667. The Morgan fingerprint density at radius 2 is 2.04 bits per heavy atom. The first kappa shape index (κ1) is 20.7. The predicted octanol–water partition coefficient (Wildman–Crippen LogP) is 3.78. The van der Waals surface area contributed by atoms with E-state index in [-0.39, 0.29) is 0 Å². The van der Waals surface area contributed by atoms with E-state index in [0.717, 1.165) is 37.9 Å². The van der Waals surface area contributed by atoms with Crippen LogP contribution < -0.4 is 10.4 Å². The summed E-state index contributed by atoms with van der Waals surface area (Å²) in [6.45, 7) is 20.0. The molecule has 26 heavy (non-hydrogen) atoms. The van der Waals surface area contributed by atoms with E-state index in [1.54, 1.807) is 0 Å². The van der Waals surface area contributed by atoms with Crippen molar-refractivity contribution in [3.05, 3.63) is 52.4 Å². The van der Waals surface area contributed by atoms with E-state index in [4.69, 9.17) is 4.74 Å². The fourth-order valence-corrected chi connectivity index (χ4v) is 3.75. The smallest absolute Gasteiger partial charge is 0.0594 e. The van der Waals surface area contributed by atoms with Gasteiger partial charge in [0, 0.05) is 13.1 Å². The van der Waals surface area contributed by atoms with E-state index in [0.29, 0.717) is 5.92 Å². The highest BCUT2D eigenvalue weighted by molar-refractivity contribution is 5.59. The Morgan fingerprint density at radius 3 is 2.69 bits per heavy atom. The second-order valence-electron chi connectivity index (χ2n) is 7.50. The van der Waals surface area contributed by atoms with Gasteiger partial charge in [0.05, 0.1) is 13.2 Å². The van der Waals surface area contributed by atoms with Gasteiger partial charge in [0.25, 0.3) is 0 Å². The number of morpholine rings is 1. The molecular formula is C24H35NO. The van der Waals surface area contributed by atoms with Crippen LogP contribution in [0, 0.1) is 5.92 Å². The second kappa shape index (κ2) is 10.5. The molecule has 0 aliphatic carbocycles. The molecule has 2 heteroatoms. The number of hydrogen-bond acceptors (Lipinski definition) is 2. The SMILES string of the molecule is C=Cc1c/c(=C(C)/C=C\C)c(=C)cc1CC(C)CCCN1CCOCC1. The third-order valence-electron chi connectivity index (χ3n) is 5.27. The van der Waals surface area contributed by atoms with Crippen LogP contribution in [0.15, 0.2) is 30.9 Å². The average Bonchev–Trinajstić information content (AvgIpc) is 2.63. The fourth-order valence-electron chi connectivity index (χ4n) is 3.75. The quantitative estimate of drug-likeness (QED) is 0.705. The summed E-state index contributed by atoms with van der Waals surface area (Å²) in [4.78, 5) is 2.52. The Kier molecular flexibility index (Phi) is 8.34. The van der Waals surface area contributed by atoms with Crippen molar-refractivity contribution in [1.29, 1.82) is 0 Å². The monoisotopic (exact) mass is 353 g/mol. The van der Waals surface area contributed by atoms with Gasteiger partial charge in [-0.05, 0) is 78.8 Å². The van der Waals surface area contributed by atoms with Crippen molar-refractivity contribution >= 4 is 18.2 Å². The van der Waals surface area contributed by atoms with Gasteiger partial charge in [-0.15, -0.1) is 0 Å². The zero-order chi connectivity index (χ0) is 18.9. The summed E-state index contributed by atoms with van der Waals surface area (Å²) in [6, 6.07) is 4.51. The molecule has 1 aliphatic heterocycles. The maximum Gasteiger partial charge on any atom is 0.0594 e. The van der Waals surface area contributed by atoms with Crippen molar-refractivity contribution in [2.45, 2.75) is 40.0 Å². The van der Waals surface area contributed by atoms with Crippen molar-refractivity contribution in [2.24, 2.45) is 5.92 Å². The first-order valence-electron chi connectivity index (χ1n) is 9.93. The van der Waals surface area contributed by atoms with Gasteiger partial charge < -0.3 is 4.74 Å². The molecule has 0 bridgehead atoms. The summed E-state index contributed by atoms with van der Waals surface area (Å²) in [7, 11) is 0. The maximum absolute atomic E-state index is 5.42. The topological polar surface area (TPSA) is 12.5 Å². The molecule has 0 amide bonds. The van der Waals surface area contributed by atoms with Crippen molar-refractivity contribution in [3.8, 4) is 0 Å². The number of nitrogens with zero attached hydrogens (tertiary/aromatic N) is 1. The maximum atomic E-state index is 5.42. The molecule has 1 heterocycles. The molecular weight excluding hydrogens is 318 g/mol. The Hall–Kier alpha value is -1.64. The molecule has 2 nitrogen and oxygen atoms in total. The lowest BCUT2D eigenvalue weighted by Gasteiger charge is -2.27. The van der Waals surface area contributed by atoms with Crippen LogP contribution in [0.5, 0.6) is 0 Å². The first-order chi connectivity index (χ1) is 12.5. The molecule has 1 fully saturated rings. The molecule has 1 aromatic rings. The summed E-state index contributed by atoms with van der Waals surface area (Å²) < 4.78 is 5.42. The lowest BCUT2D eigenvalue weighted by molar-refractivity contribution is 0.0367. The summed E-state index contributed by atoms with van der Waals surface area (Å²) in [5, 5.41) is 2.34. The van der Waals surface area contributed by atoms with Crippen LogP contribution in [-0.4, -0.2) is 37.7 Å². The highest BCUT2D eigenvalue weighted by Crippen LogP contribution is 2.17. The van der Waals surface area contributed by atoms with Gasteiger partial charge in [-0.2, -0.15) is 0 Å². The molecule has 1 atom stereocenters. The van der Waals surface area contributed by atoms with Gasteiger partial charge in [-0.3, -0.25) is 4.90 Å². The van der Waals surface area contributed by atoms with Gasteiger partial charge in [0.2, 0.25) is 0 Å². The number of ether oxygens (including phenoxy) is 1. The molecule has 0 radical (unpaired) electrons. The normalized spacial score (nSPS) is 18.1. The molecule has 142 valence electrons. The summed E-state index contributed by atoms with van der Waals surface area (Å²) >= 11 is 0. The summed E-state index contributed by atoms with van der Waals surface area (Å²) in [5.41, 5.74) is 3.88. The highest BCUT2D eigenvalue weighted by atomic mass is 16.5. The zero-order valence-electron chi connectivity index (χ0n) is 16.9. The van der Waals surface area contributed by atoms with Gasteiger partial charge >= 0.3 is 0 Å². The van der Waals surface area contributed by atoms with Crippen molar-refractivity contribution < 1.29 is 4.74 Å². The van der Waals surface area contributed by atoms with Crippen LogP contribution in [0.25, 0.3) is 18.2 Å². The minimum Gasteiger partial charge on any atom is -0.379 e. The van der Waals surface area contributed by atoms with Crippen LogP contribution in [0.4, 0.5) is 0 Å². The predicted molar refractivity (Wildman–Crippen MR) is 115 cm³/mol. The molecule has 1 unspecified atom stereocenters. The molecule has 2 rings (SSSR count). The number of hydrogen-bond donors (Lipinski definition) is 0. The Balaban J connectivity index is 2.01. The number of rotatable bonds is 8. The van der Waals surface area contributed by atoms with E-state index >= 15 is 0 Å². The average molecular weight is 354 g/mol. The van der Waals surface area contributed by atoms with Gasteiger partial charge in [0.15, 0.2) is 0 Å². The van der Waals surface area contributed by atoms with Crippen molar-refractivity contribution in [2.75, 3.05) is 32.8 Å². The molecule has 0 saturated carbocycles. The van der Waals surface area contributed by atoms with Crippen LogP contribution in [0.3, 0.4) is 0 Å². The third-order valence-corrected chi connectivity index (χ3v) is 5.27. The lowest BCUT2D eigenvalue weighted by atomic mass is 9.92. The zero-order valence-corrected chi connectivity index (χ0v) is 16.9. The fraction of sp³-hybridized carbons (Fsp3) is 0.500. The van der Waals surface area contributed by atoms with E-state index in [1.165, 1.54) is 41.3 Å². The van der Waals surface area contributed by atoms with Crippen molar-refractivity contribution in [1.82, 2.24) is 4.90 Å². The summed E-state index contributed by atoms with van der Waals surface area (Å²) in [5.74, 6) is 0.667. The van der Waals surface area contributed by atoms with E-state index in [1.807, 2.05) is 13.0 Å². The molecule has 1 aromatic carbocycles. The number of benzene rings is 1. The second-order valence-corrected chi connectivity index (χ2v) is 7.50. The van der Waals surface area contributed by atoms with Gasteiger partial charge in [-0.1, -0.05) is 44.4 Å². The van der Waals surface area contributed by atoms with Crippen LogP contribution in [0.2, 0.25) is 0 Å². The molecule has 1 saturated heterocycles. The van der Waals surface area contributed by atoms with E-state index in [2.05, 4.69) is 56.2 Å². The number of allylic oxidation sites excluding steroid dienone is 2. The van der Waals surface area contributed by atoms with Crippen molar-refractivity contribution in [3.63, 3.8) is 0 Å². The van der Waals surface area contributed by atoms with Crippen LogP contribution in [0.1, 0.15) is 44.7 Å². The minimum absolute atomic E-state index is 0.667.